The van der Waals surface area contributed by atoms with E-state index in [0.717, 1.165) is 30.0 Å². The Hall–Kier alpha value is -0.950. The van der Waals surface area contributed by atoms with Crippen molar-refractivity contribution in [2.45, 2.75) is 64.1 Å². The predicted octanol–water partition coefficient (Wildman–Crippen LogP) is 4.12. The van der Waals surface area contributed by atoms with Crippen molar-refractivity contribution in [3.63, 3.8) is 0 Å². The molecule has 2 bridgehead atoms. The van der Waals surface area contributed by atoms with Crippen LogP contribution in [0.4, 0.5) is 0 Å². The van der Waals surface area contributed by atoms with Crippen LogP contribution >= 0.6 is 11.3 Å². The third-order valence-electron chi connectivity index (χ3n) is 6.45. The summed E-state index contributed by atoms with van der Waals surface area (Å²) in [5.41, 5.74) is 0.689. The molecular formula is C18H23NO4S. The fourth-order valence-corrected chi connectivity index (χ4v) is 5.86. The first kappa shape index (κ1) is 15.3. The van der Waals surface area contributed by atoms with Gasteiger partial charge in [0, 0.05) is 29.8 Å². The molecule has 24 heavy (non-hydrogen) atoms. The van der Waals surface area contributed by atoms with Crippen molar-refractivity contribution in [1.82, 2.24) is 4.98 Å². The fraction of sp³-hybridized carbons (Fsp3) is 0.722. The summed E-state index contributed by atoms with van der Waals surface area (Å²) in [7, 11) is 0. The number of hydrogen-bond donors (Lipinski definition) is 0. The zero-order valence-corrected chi connectivity index (χ0v) is 15.1. The minimum absolute atomic E-state index is 0.249. The highest BCUT2D eigenvalue weighted by Gasteiger charge is 2.68. The Morgan fingerprint density at radius 3 is 2.92 bits per heavy atom. The lowest BCUT2D eigenvalue weighted by Gasteiger charge is -2.57. The first-order valence-corrected chi connectivity index (χ1v) is 9.73. The van der Waals surface area contributed by atoms with Crippen molar-refractivity contribution >= 4 is 17.1 Å². The summed E-state index contributed by atoms with van der Waals surface area (Å²) in [6.07, 6.45) is 5.55. The Balaban J connectivity index is 1.67. The van der Waals surface area contributed by atoms with Gasteiger partial charge in [-0.15, -0.1) is 11.3 Å². The van der Waals surface area contributed by atoms with Gasteiger partial charge >= 0.3 is 0 Å². The van der Waals surface area contributed by atoms with Crippen LogP contribution < -0.4 is 0 Å². The molecule has 0 unspecified atom stereocenters. The monoisotopic (exact) mass is 349 g/mol. The van der Waals surface area contributed by atoms with Crippen LogP contribution in [0.5, 0.6) is 0 Å². The van der Waals surface area contributed by atoms with Crippen LogP contribution in [-0.2, 0) is 19.2 Å². The third kappa shape index (κ3) is 1.88. The summed E-state index contributed by atoms with van der Waals surface area (Å²) in [6.45, 7) is 6.43. The van der Waals surface area contributed by atoms with E-state index in [2.05, 4.69) is 18.8 Å². The quantitative estimate of drug-likeness (QED) is 0.714. The Labute approximate surface area is 145 Å². The normalized spacial score (nSPS) is 47.1. The minimum atomic E-state index is -0.725. The SMILES string of the molecule is CC1=C(c2nccs2)O[C@@H]2O[C@@]3(C)CC[C@H]4[C@H](C)CC[C@@H]1[C@@]24OO3. The highest BCUT2D eigenvalue weighted by atomic mass is 32.1. The van der Waals surface area contributed by atoms with E-state index in [1.807, 2.05) is 18.5 Å². The van der Waals surface area contributed by atoms with Crippen LogP contribution in [0.1, 0.15) is 51.5 Å². The number of thiazole rings is 1. The van der Waals surface area contributed by atoms with Crippen molar-refractivity contribution < 1.29 is 19.2 Å². The average molecular weight is 349 g/mol. The molecule has 4 fully saturated rings. The fourth-order valence-electron chi connectivity index (χ4n) is 5.17. The molecule has 1 spiro atoms. The highest BCUT2D eigenvalue weighted by molar-refractivity contribution is 7.10. The second-order valence-electron chi connectivity index (χ2n) is 7.82. The molecule has 130 valence electrons. The predicted molar refractivity (Wildman–Crippen MR) is 88.6 cm³/mol. The van der Waals surface area contributed by atoms with Crippen molar-refractivity contribution in [1.29, 1.82) is 0 Å². The van der Waals surface area contributed by atoms with Crippen LogP contribution in [-0.4, -0.2) is 22.7 Å². The molecule has 1 aromatic heterocycles. The van der Waals surface area contributed by atoms with Crippen molar-refractivity contribution in [2.75, 3.05) is 0 Å². The van der Waals surface area contributed by atoms with E-state index in [1.165, 1.54) is 12.0 Å². The molecule has 6 rings (SSSR count). The summed E-state index contributed by atoms with van der Waals surface area (Å²) in [4.78, 5) is 16.4. The third-order valence-corrected chi connectivity index (χ3v) is 7.22. The maximum absolute atomic E-state index is 6.40. The Morgan fingerprint density at radius 1 is 1.25 bits per heavy atom. The first-order valence-electron chi connectivity index (χ1n) is 8.85. The largest absolute Gasteiger partial charge is 0.458 e. The zero-order chi connectivity index (χ0) is 16.5. The molecule has 1 saturated carbocycles. The summed E-state index contributed by atoms with van der Waals surface area (Å²) in [5.74, 6) is 1.36. The summed E-state index contributed by atoms with van der Waals surface area (Å²) in [5, 5.41) is 2.91. The van der Waals surface area contributed by atoms with Gasteiger partial charge in [0.15, 0.2) is 16.4 Å². The minimum Gasteiger partial charge on any atom is -0.458 e. The van der Waals surface area contributed by atoms with E-state index in [-0.39, 0.29) is 5.92 Å². The second-order valence-corrected chi connectivity index (χ2v) is 8.72. The summed E-state index contributed by atoms with van der Waals surface area (Å²) >= 11 is 1.60. The van der Waals surface area contributed by atoms with Crippen LogP contribution in [0.15, 0.2) is 17.2 Å². The molecule has 0 amide bonds. The molecule has 3 saturated heterocycles. The van der Waals surface area contributed by atoms with Gasteiger partial charge in [-0.25, -0.2) is 14.8 Å². The van der Waals surface area contributed by atoms with Crippen LogP contribution in [0.3, 0.4) is 0 Å². The lowest BCUT2D eigenvalue weighted by atomic mass is 9.59. The van der Waals surface area contributed by atoms with E-state index in [4.69, 9.17) is 19.2 Å². The van der Waals surface area contributed by atoms with E-state index < -0.39 is 17.7 Å². The molecule has 1 aliphatic carbocycles. The van der Waals surface area contributed by atoms with Gasteiger partial charge in [-0.3, -0.25) is 0 Å². The topological polar surface area (TPSA) is 49.8 Å². The number of hydrogen-bond acceptors (Lipinski definition) is 6. The molecule has 6 atom stereocenters. The molecular weight excluding hydrogens is 326 g/mol. The Morgan fingerprint density at radius 2 is 2.12 bits per heavy atom. The van der Waals surface area contributed by atoms with Gasteiger partial charge in [0.2, 0.25) is 12.1 Å². The van der Waals surface area contributed by atoms with Gasteiger partial charge in [-0.05, 0) is 44.6 Å². The second kappa shape index (κ2) is 5.04. The summed E-state index contributed by atoms with van der Waals surface area (Å²) < 4.78 is 12.7. The molecule has 0 radical (unpaired) electrons. The van der Waals surface area contributed by atoms with Crippen LogP contribution in [0.25, 0.3) is 5.76 Å². The highest BCUT2D eigenvalue weighted by Crippen LogP contribution is 2.60. The zero-order valence-electron chi connectivity index (χ0n) is 14.3. The van der Waals surface area contributed by atoms with Crippen molar-refractivity contribution in [2.24, 2.45) is 17.8 Å². The average Bonchev–Trinajstić information content (AvgIpc) is 2.99. The lowest BCUT2D eigenvalue weighted by Crippen LogP contribution is -2.66. The van der Waals surface area contributed by atoms with Crippen LogP contribution in [0.2, 0.25) is 0 Å². The lowest BCUT2D eigenvalue weighted by molar-refractivity contribution is -0.553. The molecule has 0 N–H and O–H groups in total. The Kier molecular flexibility index (Phi) is 3.21. The van der Waals surface area contributed by atoms with Gasteiger partial charge in [0.25, 0.3) is 0 Å². The van der Waals surface area contributed by atoms with E-state index in [1.54, 1.807) is 11.3 Å². The van der Waals surface area contributed by atoms with E-state index in [9.17, 15) is 0 Å². The molecule has 5 heterocycles. The Bertz CT molecular complexity index is 689. The van der Waals surface area contributed by atoms with E-state index >= 15 is 0 Å². The maximum atomic E-state index is 6.40. The van der Waals surface area contributed by atoms with Gasteiger partial charge in [0.1, 0.15) is 0 Å². The maximum Gasteiger partial charge on any atom is 0.236 e. The number of aromatic nitrogens is 1. The first-order chi connectivity index (χ1) is 11.5. The van der Waals surface area contributed by atoms with E-state index in [0.29, 0.717) is 11.8 Å². The van der Waals surface area contributed by atoms with Gasteiger partial charge in [-0.1, -0.05) is 6.92 Å². The van der Waals surface area contributed by atoms with Gasteiger partial charge < -0.3 is 9.47 Å². The van der Waals surface area contributed by atoms with Crippen LogP contribution in [0, 0.1) is 17.8 Å². The number of fused-ring (bicyclic) bond motifs is 2. The molecule has 1 aromatic rings. The van der Waals surface area contributed by atoms with Gasteiger partial charge in [-0.2, -0.15) is 0 Å². The standard InChI is InChI=1S/C18H23NO4S/c1-10-4-5-13-11(2)14(15-19-8-9-24-15)20-16-18(13)12(10)6-7-17(3,21-16)22-23-18/h8-10,12-13,16H,4-7H2,1-3H3/t10-,12+,13+,16-,17-,18-/m1/s1. The van der Waals surface area contributed by atoms with Gasteiger partial charge in [0.05, 0.1) is 0 Å². The van der Waals surface area contributed by atoms with Crippen molar-refractivity contribution in [3.05, 3.63) is 22.2 Å². The summed E-state index contributed by atoms with van der Waals surface area (Å²) in [6, 6.07) is 0. The molecule has 5 nitrogen and oxygen atoms in total. The molecule has 5 aliphatic rings. The molecule has 6 heteroatoms. The smallest absolute Gasteiger partial charge is 0.236 e. The number of ether oxygens (including phenoxy) is 2. The number of nitrogens with zero attached hydrogens (tertiary/aromatic N) is 1. The van der Waals surface area contributed by atoms with Crippen molar-refractivity contribution in [3.8, 4) is 0 Å². The molecule has 4 aliphatic heterocycles. The molecule has 0 aromatic carbocycles. The number of rotatable bonds is 1.